The molecule has 260 valence electrons. The summed E-state index contributed by atoms with van der Waals surface area (Å²) in [6, 6.07) is 63.6. The first-order valence-electron chi connectivity index (χ1n) is 18.8. The summed E-state index contributed by atoms with van der Waals surface area (Å²) in [4.78, 5) is 1.30. The average molecular weight is 724 g/mol. The number of furan rings is 1. The summed E-state index contributed by atoms with van der Waals surface area (Å²) in [6.45, 7) is 0. The number of thiophene rings is 1. The van der Waals surface area contributed by atoms with E-state index in [1.54, 1.807) is 0 Å². The molecule has 11 aromatic rings. The normalized spacial score (nSPS) is 15.7. The van der Waals surface area contributed by atoms with Crippen LogP contribution in [-0.4, -0.2) is 4.57 Å². The first-order chi connectivity index (χ1) is 27.2. The lowest BCUT2D eigenvalue weighted by Crippen LogP contribution is -2.36. The van der Waals surface area contributed by atoms with Gasteiger partial charge in [0.25, 0.3) is 0 Å². The van der Waals surface area contributed by atoms with Crippen molar-refractivity contribution >= 4 is 81.6 Å². The molecule has 0 aliphatic carbocycles. The van der Waals surface area contributed by atoms with E-state index in [0.717, 1.165) is 33.2 Å². The standard InChI is InChI=1S/C50H33N3OS/c1-2-12-30(13-3-1)31-16-10-17-34(26-31)47-49-48(37-19-7-9-23-45(37)55-49)52-50(51-47)35-24-25-43-39(28-35)46-41(21-11-22-44(46)54-43)53-40-20-8-6-18-36(40)38-27-32-14-4-5-15-33(32)29-42(38)53/h1-29,47,50-52H. The van der Waals surface area contributed by atoms with Gasteiger partial charge in [0.2, 0.25) is 0 Å². The molecule has 0 spiro atoms. The monoisotopic (exact) mass is 723 g/mol. The molecular formula is C50H33N3OS. The van der Waals surface area contributed by atoms with Gasteiger partial charge in [-0.25, -0.2) is 0 Å². The molecule has 3 aromatic heterocycles. The Kier molecular flexibility index (Phi) is 6.67. The molecule has 1 aliphatic rings. The maximum Gasteiger partial charge on any atom is 0.137 e. The van der Waals surface area contributed by atoms with Gasteiger partial charge in [0.1, 0.15) is 17.3 Å². The molecule has 2 N–H and O–H groups in total. The predicted octanol–water partition coefficient (Wildman–Crippen LogP) is 13.5. The molecule has 0 saturated heterocycles. The van der Waals surface area contributed by atoms with E-state index < -0.39 is 0 Å². The summed E-state index contributed by atoms with van der Waals surface area (Å²) >= 11 is 1.87. The highest BCUT2D eigenvalue weighted by Crippen LogP contribution is 2.47. The van der Waals surface area contributed by atoms with Crippen LogP contribution in [0.4, 0.5) is 5.69 Å². The summed E-state index contributed by atoms with van der Waals surface area (Å²) < 4.78 is 10.3. The van der Waals surface area contributed by atoms with Gasteiger partial charge in [-0.1, -0.05) is 121 Å². The van der Waals surface area contributed by atoms with Crippen LogP contribution in [-0.2, 0) is 0 Å². The van der Waals surface area contributed by atoms with Gasteiger partial charge in [0, 0.05) is 26.2 Å². The number of nitrogens with zero attached hydrogens (tertiary/aromatic N) is 1. The minimum atomic E-state index is -0.142. The number of rotatable bonds is 4. The van der Waals surface area contributed by atoms with Crippen molar-refractivity contribution < 1.29 is 4.42 Å². The molecule has 4 nitrogen and oxygen atoms in total. The average Bonchev–Trinajstić information content (AvgIpc) is 3.92. The SMILES string of the molecule is c1ccc(-c2cccc(C3NC(c4ccc5oc6cccc(-n7c8ccccc8c8cc9ccccc9cc87)c6c5c4)Nc4c3sc3ccccc43)c2)cc1. The number of anilines is 1. The van der Waals surface area contributed by atoms with Crippen LogP contribution in [0.5, 0.6) is 0 Å². The van der Waals surface area contributed by atoms with Gasteiger partial charge in [0.05, 0.1) is 38.7 Å². The Hall–Kier alpha value is -6.66. The third-order valence-electron chi connectivity index (χ3n) is 11.4. The largest absolute Gasteiger partial charge is 0.456 e. The molecule has 1 aliphatic heterocycles. The molecule has 0 fully saturated rings. The van der Waals surface area contributed by atoms with E-state index in [9.17, 15) is 0 Å². The zero-order valence-corrected chi connectivity index (χ0v) is 30.5. The number of aromatic nitrogens is 1. The van der Waals surface area contributed by atoms with E-state index >= 15 is 0 Å². The topological polar surface area (TPSA) is 42.1 Å². The lowest BCUT2D eigenvalue weighted by atomic mass is 9.95. The van der Waals surface area contributed by atoms with Crippen molar-refractivity contribution in [1.82, 2.24) is 9.88 Å². The van der Waals surface area contributed by atoms with Crippen LogP contribution in [0.3, 0.4) is 0 Å². The Morgan fingerprint density at radius 1 is 0.509 bits per heavy atom. The number of benzene rings is 8. The van der Waals surface area contributed by atoms with Gasteiger partial charge in [-0.15, -0.1) is 11.3 Å². The Morgan fingerprint density at radius 2 is 1.27 bits per heavy atom. The highest BCUT2D eigenvalue weighted by atomic mass is 32.1. The van der Waals surface area contributed by atoms with Gasteiger partial charge in [-0.2, -0.15) is 0 Å². The molecule has 12 rings (SSSR count). The van der Waals surface area contributed by atoms with Gasteiger partial charge in [0.15, 0.2) is 0 Å². The zero-order chi connectivity index (χ0) is 36.0. The van der Waals surface area contributed by atoms with Gasteiger partial charge in [-0.3, -0.25) is 5.32 Å². The maximum atomic E-state index is 6.62. The quantitative estimate of drug-likeness (QED) is 0.190. The third-order valence-corrected chi connectivity index (χ3v) is 12.7. The maximum absolute atomic E-state index is 6.62. The molecule has 0 bridgehead atoms. The fourth-order valence-electron chi connectivity index (χ4n) is 8.91. The molecule has 4 heterocycles. The van der Waals surface area contributed by atoms with E-state index in [0.29, 0.717) is 0 Å². The van der Waals surface area contributed by atoms with Crippen molar-refractivity contribution in [2.45, 2.75) is 12.2 Å². The number of hydrogen-bond acceptors (Lipinski definition) is 4. The van der Waals surface area contributed by atoms with E-state index in [1.807, 2.05) is 11.3 Å². The minimum absolute atomic E-state index is 0.00194. The summed E-state index contributed by atoms with van der Waals surface area (Å²) in [5.41, 5.74) is 11.3. The first kappa shape index (κ1) is 30.8. The summed E-state index contributed by atoms with van der Waals surface area (Å²) in [7, 11) is 0. The number of para-hydroxylation sites is 1. The Morgan fingerprint density at radius 3 is 2.18 bits per heavy atom. The van der Waals surface area contributed by atoms with Crippen LogP contribution >= 0.6 is 11.3 Å². The fraction of sp³-hybridized carbons (Fsp3) is 0.0400. The van der Waals surface area contributed by atoms with Gasteiger partial charge >= 0.3 is 0 Å². The number of hydrogen-bond donors (Lipinski definition) is 2. The van der Waals surface area contributed by atoms with Crippen LogP contribution in [0, 0.1) is 0 Å². The van der Waals surface area contributed by atoms with Crippen LogP contribution in [0.2, 0.25) is 0 Å². The van der Waals surface area contributed by atoms with Crippen molar-refractivity contribution in [3.05, 3.63) is 192 Å². The van der Waals surface area contributed by atoms with Gasteiger partial charge in [-0.05, 0) is 87.6 Å². The zero-order valence-electron chi connectivity index (χ0n) is 29.7. The van der Waals surface area contributed by atoms with Gasteiger partial charge < -0.3 is 14.3 Å². The summed E-state index contributed by atoms with van der Waals surface area (Å²) in [5.74, 6) is 0. The smallest absolute Gasteiger partial charge is 0.137 e. The molecule has 5 heteroatoms. The molecular weight excluding hydrogens is 691 g/mol. The Labute approximate surface area is 320 Å². The fourth-order valence-corrected chi connectivity index (χ4v) is 10.2. The van der Waals surface area contributed by atoms with E-state index in [4.69, 9.17) is 4.42 Å². The molecule has 0 radical (unpaired) electrons. The van der Waals surface area contributed by atoms with E-state index in [-0.39, 0.29) is 12.2 Å². The summed E-state index contributed by atoms with van der Waals surface area (Å²) in [6.07, 6.45) is -0.142. The molecule has 0 saturated carbocycles. The van der Waals surface area contributed by atoms with Crippen molar-refractivity contribution in [3.63, 3.8) is 0 Å². The van der Waals surface area contributed by atoms with Crippen LogP contribution in [0.15, 0.2) is 180 Å². The van der Waals surface area contributed by atoms with Crippen molar-refractivity contribution in [2.75, 3.05) is 5.32 Å². The second-order valence-corrected chi connectivity index (χ2v) is 15.7. The molecule has 55 heavy (non-hydrogen) atoms. The van der Waals surface area contributed by atoms with Crippen LogP contribution < -0.4 is 10.6 Å². The lowest BCUT2D eigenvalue weighted by molar-refractivity contribution is 0.514. The second kappa shape index (κ2) is 11.9. The van der Waals surface area contributed by atoms with Crippen LogP contribution in [0.1, 0.15) is 28.2 Å². The highest BCUT2D eigenvalue weighted by Gasteiger charge is 2.32. The second-order valence-electron chi connectivity index (χ2n) is 14.6. The summed E-state index contributed by atoms with van der Waals surface area (Å²) in [5, 5.41) is 16.4. The predicted molar refractivity (Wildman–Crippen MR) is 231 cm³/mol. The minimum Gasteiger partial charge on any atom is -0.456 e. The first-order valence-corrected chi connectivity index (χ1v) is 19.6. The van der Waals surface area contributed by atoms with Crippen LogP contribution in [0.25, 0.3) is 81.4 Å². The number of nitrogens with one attached hydrogen (secondary N) is 2. The van der Waals surface area contributed by atoms with Crippen molar-refractivity contribution in [3.8, 4) is 16.8 Å². The lowest BCUT2D eigenvalue weighted by Gasteiger charge is -2.34. The van der Waals surface area contributed by atoms with E-state index in [1.165, 1.54) is 69.9 Å². The molecule has 0 amide bonds. The van der Waals surface area contributed by atoms with Crippen molar-refractivity contribution in [1.29, 1.82) is 0 Å². The Bertz CT molecular complexity index is 3300. The van der Waals surface area contributed by atoms with E-state index in [2.05, 4.69) is 191 Å². The number of fused-ring (bicyclic) bond motifs is 10. The molecule has 2 atom stereocenters. The Balaban J connectivity index is 1.04. The third kappa shape index (κ3) is 4.74. The molecule has 2 unspecified atom stereocenters. The molecule has 8 aromatic carbocycles. The highest BCUT2D eigenvalue weighted by molar-refractivity contribution is 7.20. The van der Waals surface area contributed by atoms with Crippen molar-refractivity contribution in [2.24, 2.45) is 0 Å².